The lowest BCUT2D eigenvalue weighted by molar-refractivity contribution is 0.670. The van der Waals surface area contributed by atoms with Crippen LogP contribution in [0.25, 0.3) is 55.0 Å². The number of rotatable bonds is 2. The largest absolute Gasteiger partial charge is 0.455 e. The van der Waals surface area contributed by atoms with Gasteiger partial charge in [-0.05, 0) is 40.1 Å². The average Bonchev–Trinajstić information content (AvgIpc) is 3.18. The van der Waals surface area contributed by atoms with Gasteiger partial charge in [0.2, 0.25) is 0 Å². The van der Waals surface area contributed by atoms with E-state index >= 15 is 0 Å². The third kappa shape index (κ3) is 2.63. The van der Waals surface area contributed by atoms with Crippen LogP contribution in [0.3, 0.4) is 0 Å². The van der Waals surface area contributed by atoms with E-state index in [2.05, 4.69) is 78.9 Å². The Balaban J connectivity index is 1.76. The number of furan rings is 1. The summed E-state index contributed by atoms with van der Waals surface area (Å²) >= 11 is 6.16. The van der Waals surface area contributed by atoms with Crippen molar-refractivity contribution in [3.8, 4) is 22.3 Å². The van der Waals surface area contributed by atoms with Crippen LogP contribution in [-0.2, 0) is 0 Å². The molecule has 0 saturated heterocycles. The third-order valence-electron chi connectivity index (χ3n) is 5.76. The summed E-state index contributed by atoms with van der Waals surface area (Å²) in [5, 5.41) is 5.43. The second-order valence-corrected chi connectivity index (χ2v) is 7.93. The normalized spacial score (nSPS) is 11.5. The van der Waals surface area contributed by atoms with Gasteiger partial charge in [-0.2, -0.15) is 0 Å². The van der Waals surface area contributed by atoms with Crippen LogP contribution in [0.2, 0.25) is 5.02 Å². The Kier molecular flexibility index (Phi) is 3.90. The average molecular weight is 405 g/mol. The van der Waals surface area contributed by atoms with Gasteiger partial charge in [0, 0.05) is 26.9 Å². The first-order valence-corrected chi connectivity index (χ1v) is 10.4. The van der Waals surface area contributed by atoms with Crippen LogP contribution in [0.5, 0.6) is 0 Å². The Bertz CT molecular complexity index is 1540. The number of benzene rings is 5. The van der Waals surface area contributed by atoms with Crippen molar-refractivity contribution < 1.29 is 4.42 Å². The molecule has 6 rings (SSSR count). The van der Waals surface area contributed by atoms with Gasteiger partial charge < -0.3 is 4.42 Å². The maximum Gasteiger partial charge on any atom is 0.143 e. The van der Waals surface area contributed by atoms with Crippen LogP contribution in [0.4, 0.5) is 0 Å². The highest BCUT2D eigenvalue weighted by Gasteiger charge is 2.17. The molecule has 0 bridgehead atoms. The quantitative estimate of drug-likeness (QED) is 0.281. The highest BCUT2D eigenvalue weighted by molar-refractivity contribution is 6.30. The summed E-state index contributed by atoms with van der Waals surface area (Å²) in [6.45, 7) is 0. The van der Waals surface area contributed by atoms with Crippen molar-refractivity contribution >= 4 is 44.3 Å². The number of halogens is 1. The van der Waals surface area contributed by atoms with Crippen molar-refractivity contribution in [1.82, 2.24) is 0 Å². The summed E-state index contributed by atoms with van der Waals surface area (Å²) in [7, 11) is 0. The number of para-hydroxylation sites is 2. The fourth-order valence-corrected chi connectivity index (χ4v) is 4.50. The molecule has 1 heterocycles. The number of fused-ring (bicyclic) bond motifs is 4. The van der Waals surface area contributed by atoms with Crippen molar-refractivity contribution in [2.75, 3.05) is 0 Å². The monoisotopic (exact) mass is 404 g/mol. The van der Waals surface area contributed by atoms with E-state index in [0.717, 1.165) is 38.1 Å². The zero-order chi connectivity index (χ0) is 20.1. The van der Waals surface area contributed by atoms with Crippen LogP contribution >= 0.6 is 11.6 Å². The molecule has 6 aromatic rings. The summed E-state index contributed by atoms with van der Waals surface area (Å²) in [6.07, 6.45) is 0. The highest BCUT2D eigenvalue weighted by atomic mass is 35.5. The van der Waals surface area contributed by atoms with Crippen molar-refractivity contribution in [2.24, 2.45) is 0 Å². The van der Waals surface area contributed by atoms with E-state index in [9.17, 15) is 0 Å². The SMILES string of the molecule is Clc1ccc(-c2ccc3ccccc3c2-c2cccc3c2oc2ccccc23)cc1. The first-order valence-electron chi connectivity index (χ1n) is 9.98. The molecule has 0 aliphatic heterocycles. The number of hydrogen-bond acceptors (Lipinski definition) is 1. The van der Waals surface area contributed by atoms with Gasteiger partial charge in [-0.15, -0.1) is 0 Å². The molecular formula is C28H17ClO. The summed E-state index contributed by atoms with van der Waals surface area (Å²) in [6, 6.07) is 35.6. The summed E-state index contributed by atoms with van der Waals surface area (Å²) in [4.78, 5) is 0. The van der Waals surface area contributed by atoms with E-state index in [1.807, 2.05) is 24.3 Å². The summed E-state index contributed by atoms with van der Waals surface area (Å²) < 4.78 is 6.38. The van der Waals surface area contributed by atoms with Crippen molar-refractivity contribution in [3.05, 3.63) is 108 Å². The molecule has 0 aliphatic carbocycles. The van der Waals surface area contributed by atoms with Crippen LogP contribution < -0.4 is 0 Å². The van der Waals surface area contributed by atoms with E-state index in [4.69, 9.17) is 16.0 Å². The van der Waals surface area contributed by atoms with Crippen LogP contribution in [0.15, 0.2) is 108 Å². The first kappa shape index (κ1) is 17.3. The molecule has 0 fully saturated rings. The fourth-order valence-electron chi connectivity index (χ4n) is 4.38. The molecule has 0 radical (unpaired) electrons. The van der Waals surface area contributed by atoms with Gasteiger partial charge in [0.05, 0.1) is 0 Å². The minimum absolute atomic E-state index is 0.737. The van der Waals surface area contributed by atoms with E-state index in [0.29, 0.717) is 0 Å². The lowest BCUT2D eigenvalue weighted by Crippen LogP contribution is -1.88. The lowest BCUT2D eigenvalue weighted by atomic mass is 9.89. The Labute approximate surface area is 179 Å². The lowest BCUT2D eigenvalue weighted by Gasteiger charge is -2.14. The Morgan fingerprint density at radius 3 is 2.13 bits per heavy atom. The van der Waals surface area contributed by atoms with Gasteiger partial charge in [0.15, 0.2) is 0 Å². The van der Waals surface area contributed by atoms with Crippen molar-refractivity contribution in [1.29, 1.82) is 0 Å². The predicted octanol–water partition coefficient (Wildman–Crippen LogP) is 8.73. The van der Waals surface area contributed by atoms with Gasteiger partial charge >= 0.3 is 0 Å². The Morgan fingerprint density at radius 1 is 0.533 bits per heavy atom. The maximum absolute atomic E-state index is 6.38. The Morgan fingerprint density at radius 2 is 1.27 bits per heavy atom. The topological polar surface area (TPSA) is 13.1 Å². The minimum atomic E-state index is 0.737. The van der Waals surface area contributed by atoms with Crippen molar-refractivity contribution in [3.63, 3.8) is 0 Å². The second kappa shape index (κ2) is 6.76. The summed E-state index contributed by atoms with van der Waals surface area (Å²) in [5.74, 6) is 0. The first-order chi connectivity index (χ1) is 14.8. The molecule has 0 unspecified atom stereocenters. The molecule has 2 heteroatoms. The van der Waals surface area contributed by atoms with Gasteiger partial charge in [0.25, 0.3) is 0 Å². The molecule has 5 aromatic carbocycles. The van der Waals surface area contributed by atoms with Crippen molar-refractivity contribution in [2.45, 2.75) is 0 Å². The smallest absolute Gasteiger partial charge is 0.143 e. The molecule has 0 spiro atoms. The van der Waals surface area contributed by atoms with Crippen LogP contribution in [-0.4, -0.2) is 0 Å². The summed E-state index contributed by atoms with van der Waals surface area (Å²) in [5.41, 5.74) is 6.41. The van der Waals surface area contributed by atoms with E-state index < -0.39 is 0 Å². The minimum Gasteiger partial charge on any atom is -0.455 e. The molecule has 30 heavy (non-hydrogen) atoms. The van der Waals surface area contributed by atoms with Crippen LogP contribution in [0, 0.1) is 0 Å². The molecule has 0 aliphatic rings. The zero-order valence-electron chi connectivity index (χ0n) is 16.1. The van der Waals surface area contributed by atoms with Gasteiger partial charge in [-0.25, -0.2) is 0 Å². The molecule has 0 saturated carbocycles. The fraction of sp³-hybridized carbons (Fsp3) is 0. The molecule has 1 aromatic heterocycles. The second-order valence-electron chi connectivity index (χ2n) is 7.50. The predicted molar refractivity (Wildman–Crippen MR) is 127 cm³/mol. The van der Waals surface area contributed by atoms with Gasteiger partial charge in [-0.1, -0.05) is 96.5 Å². The number of hydrogen-bond donors (Lipinski definition) is 0. The van der Waals surface area contributed by atoms with Gasteiger partial charge in [0.1, 0.15) is 11.2 Å². The van der Waals surface area contributed by atoms with E-state index in [1.165, 1.54) is 21.9 Å². The molecule has 0 N–H and O–H groups in total. The van der Waals surface area contributed by atoms with Gasteiger partial charge in [-0.3, -0.25) is 0 Å². The van der Waals surface area contributed by atoms with E-state index in [-0.39, 0.29) is 0 Å². The zero-order valence-corrected chi connectivity index (χ0v) is 16.9. The van der Waals surface area contributed by atoms with E-state index in [1.54, 1.807) is 0 Å². The standard InChI is InChI=1S/C28H17ClO/c29-20-15-12-19(13-16-20)22-17-14-18-6-1-2-7-21(18)27(22)25-10-5-9-24-23-8-3-4-11-26(23)30-28(24)25/h1-17H. The highest BCUT2D eigenvalue weighted by Crippen LogP contribution is 2.43. The molecular weight excluding hydrogens is 388 g/mol. The third-order valence-corrected chi connectivity index (χ3v) is 6.01. The maximum atomic E-state index is 6.38. The Hall–Kier alpha value is -3.55. The molecule has 0 amide bonds. The molecule has 142 valence electrons. The molecule has 1 nitrogen and oxygen atoms in total. The molecule has 0 atom stereocenters. The van der Waals surface area contributed by atoms with Crippen LogP contribution in [0.1, 0.15) is 0 Å².